The van der Waals surface area contributed by atoms with Gasteiger partial charge in [0.05, 0.1) is 11.3 Å². The molecule has 22 heavy (non-hydrogen) atoms. The summed E-state index contributed by atoms with van der Waals surface area (Å²) in [6.45, 7) is 0.0485. The summed E-state index contributed by atoms with van der Waals surface area (Å²) in [6.07, 6.45) is 1.13. The molecule has 116 valence electrons. The maximum Gasteiger partial charge on any atom is 0.377 e. The largest absolute Gasteiger partial charge is 0.493 e. The van der Waals surface area contributed by atoms with Gasteiger partial charge in [-0.25, -0.2) is 4.79 Å². The second-order valence-electron chi connectivity index (χ2n) is 4.24. The highest BCUT2D eigenvalue weighted by molar-refractivity contribution is 6.03. The number of anilines is 1. The third kappa shape index (κ3) is 3.98. The molecule has 2 amide bonds. The number of carbonyl (C=O) groups is 3. The van der Waals surface area contributed by atoms with E-state index in [1.54, 1.807) is 12.1 Å². The Hall–Kier alpha value is -3.03. The smallest absolute Gasteiger partial charge is 0.377 e. The molecule has 0 atom stereocenters. The summed E-state index contributed by atoms with van der Waals surface area (Å²) in [7, 11) is 0. The first kappa shape index (κ1) is 15.4. The van der Waals surface area contributed by atoms with Crippen molar-refractivity contribution in [3.05, 3.63) is 41.9 Å². The number of carbonyl (C=O) groups excluding carboxylic acids is 3. The van der Waals surface area contributed by atoms with Gasteiger partial charge in [0.25, 0.3) is 11.8 Å². The summed E-state index contributed by atoms with van der Waals surface area (Å²) >= 11 is 0. The maximum absolute atomic E-state index is 11.7. The van der Waals surface area contributed by atoms with Crippen LogP contribution < -0.4 is 11.1 Å². The third-order valence-corrected chi connectivity index (χ3v) is 2.65. The molecular weight excluding hydrogens is 292 g/mol. The van der Waals surface area contributed by atoms with Gasteiger partial charge in [-0.05, 0) is 12.1 Å². The number of para-hydroxylation sites is 1. The van der Waals surface area contributed by atoms with E-state index < -0.39 is 24.4 Å². The van der Waals surface area contributed by atoms with E-state index in [2.05, 4.69) is 5.32 Å². The van der Waals surface area contributed by atoms with Crippen molar-refractivity contribution in [1.29, 1.82) is 0 Å². The van der Waals surface area contributed by atoms with Crippen molar-refractivity contribution in [2.45, 2.75) is 0 Å². The highest BCUT2D eigenvalue weighted by atomic mass is 16.6. The number of esters is 1. The molecule has 0 radical (unpaired) electrons. The number of hydrogen-bond acceptors (Lipinski definition) is 6. The van der Waals surface area contributed by atoms with Crippen LogP contribution in [0.25, 0.3) is 0 Å². The second kappa shape index (κ2) is 7.11. The summed E-state index contributed by atoms with van der Waals surface area (Å²) in [4.78, 5) is 34.5. The first-order chi connectivity index (χ1) is 10.6. The third-order valence-electron chi connectivity index (χ3n) is 2.65. The summed E-state index contributed by atoms with van der Waals surface area (Å²) in [5.41, 5.74) is 5.60. The normalized spacial score (nSPS) is 13.2. The molecule has 0 aromatic heterocycles. The van der Waals surface area contributed by atoms with Crippen molar-refractivity contribution in [3.8, 4) is 0 Å². The van der Waals surface area contributed by atoms with Gasteiger partial charge < -0.3 is 25.3 Å². The summed E-state index contributed by atoms with van der Waals surface area (Å²) in [5, 5.41) is 2.44. The van der Waals surface area contributed by atoms with Gasteiger partial charge in [0, 0.05) is 0 Å². The van der Waals surface area contributed by atoms with Crippen LogP contribution in [0.4, 0.5) is 5.69 Å². The maximum atomic E-state index is 11.7. The van der Waals surface area contributed by atoms with Crippen LogP contribution >= 0.6 is 0 Å². The average molecular weight is 306 g/mol. The van der Waals surface area contributed by atoms with Crippen LogP contribution in [0.15, 0.2) is 36.3 Å². The number of primary amides is 1. The van der Waals surface area contributed by atoms with E-state index in [4.69, 9.17) is 19.9 Å². The zero-order valence-corrected chi connectivity index (χ0v) is 11.5. The zero-order chi connectivity index (χ0) is 15.9. The highest BCUT2D eigenvalue weighted by Crippen LogP contribution is 2.14. The minimum Gasteiger partial charge on any atom is -0.493 e. The lowest BCUT2D eigenvalue weighted by atomic mass is 10.1. The first-order valence-electron chi connectivity index (χ1n) is 6.38. The van der Waals surface area contributed by atoms with Crippen molar-refractivity contribution in [1.82, 2.24) is 0 Å². The summed E-state index contributed by atoms with van der Waals surface area (Å²) in [5.74, 6) is -2.19. The fourth-order valence-corrected chi connectivity index (χ4v) is 1.67. The minimum absolute atomic E-state index is 0.100. The van der Waals surface area contributed by atoms with Crippen LogP contribution in [0.2, 0.25) is 0 Å². The number of benzene rings is 1. The molecule has 0 saturated carbocycles. The SMILES string of the molecule is NC(=O)c1ccccc1NC(=O)COC(=O)C1=COCCO1. The molecule has 8 heteroatoms. The number of hydrogen-bond donors (Lipinski definition) is 2. The molecule has 1 aliphatic rings. The number of amides is 2. The molecule has 3 N–H and O–H groups in total. The highest BCUT2D eigenvalue weighted by Gasteiger charge is 2.18. The lowest BCUT2D eigenvalue weighted by Crippen LogP contribution is -2.25. The Morgan fingerprint density at radius 3 is 2.68 bits per heavy atom. The monoisotopic (exact) mass is 306 g/mol. The minimum atomic E-state index is -0.807. The molecule has 0 bridgehead atoms. The Kier molecular flexibility index (Phi) is 4.97. The molecule has 1 aromatic rings. The Morgan fingerprint density at radius 1 is 1.23 bits per heavy atom. The standard InChI is InChI=1S/C14H14N2O6/c15-13(18)9-3-1-2-4-10(9)16-12(17)8-22-14(19)11-7-20-5-6-21-11/h1-4,7H,5-6,8H2,(H2,15,18)(H,16,17). The molecule has 1 aromatic carbocycles. The molecule has 1 heterocycles. The summed E-state index contributed by atoms with van der Waals surface area (Å²) in [6, 6.07) is 6.23. The molecule has 0 aliphatic carbocycles. The van der Waals surface area contributed by atoms with Crippen molar-refractivity contribution >= 4 is 23.5 Å². The summed E-state index contributed by atoms with van der Waals surface area (Å²) < 4.78 is 14.7. The molecule has 1 aliphatic heterocycles. The number of ether oxygens (including phenoxy) is 3. The van der Waals surface area contributed by atoms with Crippen LogP contribution in [-0.4, -0.2) is 37.6 Å². The average Bonchev–Trinajstić information content (AvgIpc) is 2.53. The van der Waals surface area contributed by atoms with E-state index in [1.807, 2.05) is 0 Å². The van der Waals surface area contributed by atoms with Gasteiger partial charge in [0.1, 0.15) is 19.5 Å². The van der Waals surface area contributed by atoms with Gasteiger partial charge in [-0.15, -0.1) is 0 Å². The lowest BCUT2D eigenvalue weighted by molar-refractivity contribution is -0.148. The number of rotatable bonds is 5. The van der Waals surface area contributed by atoms with Crippen molar-refractivity contribution in [3.63, 3.8) is 0 Å². The van der Waals surface area contributed by atoms with E-state index in [0.29, 0.717) is 6.61 Å². The quantitative estimate of drug-likeness (QED) is 0.748. The van der Waals surface area contributed by atoms with Gasteiger partial charge in [0.2, 0.25) is 5.76 Å². The molecule has 0 unspecified atom stereocenters. The van der Waals surface area contributed by atoms with E-state index in [-0.39, 0.29) is 23.6 Å². The van der Waals surface area contributed by atoms with Crippen LogP contribution in [0, 0.1) is 0 Å². The predicted octanol–water partition coefficient (Wildman–Crippen LogP) is 0.155. The van der Waals surface area contributed by atoms with Gasteiger partial charge in [-0.1, -0.05) is 12.1 Å². The van der Waals surface area contributed by atoms with Crippen LogP contribution in [0.3, 0.4) is 0 Å². The predicted molar refractivity (Wildman–Crippen MR) is 74.5 cm³/mol. The second-order valence-corrected chi connectivity index (χ2v) is 4.24. The Labute approximate surface area is 125 Å². The first-order valence-corrected chi connectivity index (χ1v) is 6.38. The molecule has 0 fully saturated rings. The molecule has 8 nitrogen and oxygen atoms in total. The molecule has 2 rings (SSSR count). The topological polar surface area (TPSA) is 117 Å². The Bertz CT molecular complexity index is 626. The van der Waals surface area contributed by atoms with Crippen LogP contribution in [0.5, 0.6) is 0 Å². The van der Waals surface area contributed by atoms with Gasteiger partial charge in [0.15, 0.2) is 6.61 Å². The van der Waals surface area contributed by atoms with E-state index >= 15 is 0 Å². The van der Waals surface area contributed by atoms with Crippen LogP contribution in [-0.2, 0) is 23.8 Å². The van der Waals surface area contributed by atoms with Gasteiger partial charge >= 0.3 is 5.97 Å². The van der Waals surface area contributed by atoms with E-state index in [1.165, 1.54) is 12.1 Å². The van der Waals surface area contributed by atoms with E-state index in [9.17, 15) is 14.4 Å². The fourth-order valence-electron chi connectivity index (χ4n) is 1.67. The molecule has 0 spiro atoms. The van der Waals surface area contributed by atoms with Gasteiger partial charge in [-0.2, -0.15) is 0 Å². The Balaban J connectivity index is 1.89. The van der Waals surface area contributed by atoms with Crippen molar-refractivity contribution in [2.24, 2.45) is 5.73 Å². The molecular formula is C14H14N2O6. The van der Waals surface area contributed by atoms with Crippen LogP contribution in [0.1, 0.15) is 10.4 Å². The molecule has 0 saturated heterocycles. The number of nitrogens with two attached hydrogens (primary N) is 1. The van der Waals surface area contributed by atoms with Gasteiger partial charge in [-0.3, -0.25) is 9.59 Å². The van der Waals surface area contributed by atoms with Crippen molar-refractivity contribution in [2.75, 3.05) is 25.1 Å². The van der Waals surface area contributed by atoms with Crippen molar-refractivity contribution < 1.29 is 28.6 Å². The Morgan fingerprint density at radius 2 is 2.00 bits per heavy atom. The lowest BCUT2D eigenvalue weighted by Gasteiger charge is -2.14. The van der Waals surface area contributed by atoms with E-state index in [0.717, 1.165) is 6.26 Å². The fraction of sp³-hybridized carbons (Fsp3) is 0.214. The number of nitrogens with one attached hydrogen (secondary N) is 1. The zero-order valence-electron chi connectivity index (χ0n) is 11.5.